The van der Waals surface area contributed by atoms with Gasteiger partial charge in [-0.05, 0) is 52.7 Å². The minimum atomic E-state index is -1.16. The number of nitrogens with one attached hydrogen (secondary N) is 1. The molecule has 0 radical (unpaired) electrons. The number of carboxylic acids is 1. The second-order valence-corrected chi connectivity index (χ2v) is 6.73. The summed E-state index contributed by atoms with van der Waals surface area (Å²) in [6.07, 6.45) is 1.29. The number of nitro benzene ring substituents is 1. The Bertz CT molecular complexity index is 1090. The number of nitro groups is 1. The van der Waals surface area contributed by atoms with E-state index in [9.17, 15) is 25.0 Å². The van der Waals surface area contributed by atoms with Crippen molar-refractivity contribution >= 4 is 45.3 Å². The van der Waals surface area contributed by atoms with E-state index in [1.54, 1.807) is 13.0 Å². The van der Waals surface area contributed by atoms with Crippen molar-refractivity contribution in [3.8, 4) is 17.6 Å². The SMILES string of the molecule is CCOc1cc(/C=C(\C#N)C(=O)Nc2cccc([N+](=O)[O-])c2)cc(Br)c1OCC(=O)O. The highest BCUT2D eigenvalue weighted by atomic mass is 79.9. The van der Waals surface area contributed by atoms with Crippen LogP contribution in [0.5, 0.6) is 11.5 Å². The van der Waals surface area contributed by atoms with Gasteiger partial charge in [-0.3, -0.25) is 14.9 Å². The molecule has 0 heterocycles. The molecular formula is C20H16BrN3O7. The van der Waals surface area contributed by atoms with Crippen LogP contribution in [0.1, 0.15) is 12.5 Å². The summed E-state index contributed by atoms with van der Waals surface area (Å²) < 4.78 is 11.1. The van der Waals surface area contributed by atoms with Crippen molar-refractivity contribution in [2.75, 3.05) is 18.5 Å². The molecule has 11 heteroatoms. The number of carboxylic acid groups (broad SMARTS) is 1. The van der Waals surface area contributed by atoms with Crippen molar-refractivity contribution in [2.45, 2.75) is 6.92 Å². The molecule has 0 aromatic heterocycles. The van der Waals surface area contributed by atoms with Gasteiger partial charge in [-0.15, -0.1) is 0 Å². The number of ether oxygens (including phenoxy) is 2. The number of benzene rings is 2. The fraction of sp³-hybridized carbons (Fsp3) is 0.150. The summed E-state index contributed by atoms with van der Waals surface area (Å²) in [7, 11) is 0. The summed E-state index contributed by atoms with van der Waals surface area (Å²) in [5.41, 5.74) is 0.0975. The number of hydrogen-bond donors (Lipinski definition) is 2. The van der Waals surface area contributed by atoms with E-state index in [2.05, 4.69) is 21.2 Å². The number of anilines is 1. The molecule has 0 fully saturated rings. The quantitative estimate of drug-likeness (QED) is 0.233. The van der Waals surface area contributed by atoms with E-state index in [1.165, 1.54) is 42.5 Å². The lowest BCUT2D eigenvalue weighted by Crippen LogP contribution is -2.13. The van der Waals surface area contributed by atoms with Crippen LogP contribution < -0.4 is 14.8 Å². The number of non-ortho nitro benzene ring substituents is 1. The summed E-state index contributed by atoms with van der Waals surface area (Å²) >= 11 is 3.27. The van der Waals surface area contributed by atoms with Crippen LogP contribution in [0.25, 0.3) is 6.08 Å². The van der Waals surface area contributed by atoms with Gasteiger partial charge in [-0.1, -0.05) is 6.07 Å². The molecule has 0 saturated heterocycles. The first-order chi connectivity index (χ1) is 14.7. The number of aliphatic carboxylic acids is 1. The van der Waals surface area contributed by atoms with Crippen LogP contribution in [-0.2, 0) is 9.59 Å². The van der Waals surface area contributed by atoms with Crippen molar-refractivity contribution in [1.82, 2.24) is 0 Å². The van der Waals surface area contributed by atoms with Crippen molar-refractivity contribution in [3.63, 3.8) is 0 Å². The van der Waals surface area contributed by atoms with Crippen molar-refractivity contribution < 1.29 is 29.1 Å². The van der Waals surface area contributed by atoms with Gasteiger partial charge in [-0.25, -0.2) is 4.79 Å². The Morgan fingerprint density at radius 1 is 1.32 bits per heavy atom. The average molecular weight is 490 g/mol. The van der Waals surface area contributed by atoms with Gasteiger partial charge in [0.25, 0.3) is 11.6 Å². The first-order valence-electron chi connectivity index (χ1n) is 8.73. The lowest BCUT2D eigenvalue weighted by atomic mass is 10.1. The fourth-order valence-electron chi connectivity index (χ4n) is 2.42. The Balaban J connectivity index is 2.33. The van der Waals surface area contributed by atoms with E-state index in [0.717, 1.165) is 0 Å². The number of rotatable bonds is 9. The maximum Gasteiger partial charge on any atom is 0.341 e. The van der Waals surface area contributed by atoms with Crippen LogP contribution >= 0.6 is 15.9 Å². The fourth-order valence-corrected chi connectivity index (χ4v) is 2.99. The molecule has 0 bridgehead atoms. The molecule has 2 aromatic carbocycles. The summed E-state index contributed by atoms with van der Waals surface area (Å²) in [4.78, 5) is 33.5. The maximum absolute atomic E-state index is 12.5. The van der Waals surface area contributed by atoms with Crippen LogP contribution in [-0.4, -0.2) is 35.1 Å². The molecular weight excluding hydrogens is 474 g/mol. The summed E-state index contributed by atoms with van der Waals surface area (Å²) in [5, 5.41) is 31.5. The molecule has 0 aliphatic carbocycles. The number of carbonyl (C=O) groups is 2. The molecule has 10 nitrogen and oxygen atoms in total. The smallest absolute Gasteiger partial charge is 0.341 e. The number of hydrogen-bond acceptors (Lipinski definition) is 7. The van der Waals surface area contributed by atoms with Gasteiger partial charge in [-0.2, -0.15) is 5.26 Å². The van der Waals surface area contributed by atoms with E-state index >= 15 is 0 Å². The molecule has 160 valence electrons. The molecule has 0 aliphatic heterocycles. The van der Waals surface area contributed by atoms with Crippen molar-refractivity contribution in [2.24, 2.45) is 0 Å². The van der Waals surface area contributed by atoms with Gasteiger partial charge in [0.15, 0.2) is 18.1 Å². The van der Waals surface area contributed by atoms with Crippen LogP contribution in [0.4, 0.5) is 11.4 Å². The van der Waals surface area contributed by atoms with Crippen LogP contribution in [0.15, 0.2) is 46.4 Å². The second kappa shape index (κ2) is 10.7. The van der Waals surface area contributed by atoms with Gasteiger partial charge in [0.2, 0.25) is 0 Å². The lowest BCUT2D eigenvalue weighted by molar-refractivity contribution is -0.384. The molecule has 31 heavy (non-hydrogen) atoms. The zero-order valence-corrected chi connectivity index (χ0v) is 17.7. The maximum atomic E-state index is 12.5. The molecule has 0 saturated carbocycles. The zero-order valence-electron chi connectivity index (χ0n) is 16.1. The van der Waals surface area contributed by atoms with Crippen LogP contribution in [0.3, 0.4) is 0 Å². The predicted molar refractivity (Wildman–Crippen MR) is 114 cm³/mol. The molecule has 1 amide bonds. The lowest BCUT2D eigenvalue weighted by Gasteiger charge is -2.13. The third kappa shape index (κ3) is 6.55. The number of halogens is 1. The Hall–Kier alpha value is -3.91. The molecule has 2 rings (SSSR count). The van der Waals surface area contributed by atoms with E-state index < -0.39 is 23.4 Å². The van der Waals surface area contributed by atoms with Crippen molar-refractivity contribution in [1.29, 1.82) is 5.26 Å². The Kier molecular flexibility index (Phi) is 8.10. The van der Waals surface area contributed by atoms with Gasteiger partial charge in [0.1, 0.15) is 11.6 Å². The third-order valence-electron chi connectivity index (χ3n) is 3.66. The largest absolute Gasteiger partial charge is 0.490 e. The Labute approximate surface area is 185 Å². The zero-order chi connectivity index (χ0) is 23.0. The Morgan fingerprint density at radius 2 is 2.06 bits per heavy atom. The van der Waals surface area contributed by atoms with E-state index in [-0.39, 0.29) is 35.1 Å². The Morgan fingerprint density at radius 3 is 2.68 bits per heavy atom. The van der Waals surface area contributed by atoms with Gasteiger partial charge in [0, 0.05) is 17.8 Å². The third-order valence-corrected chi connectivity index (χ3v) is 4.25. The summed E-state index contributed by atoms with van der Waals surface area (Å²) in [6.45, 7) is 1.41. The highest BCUT2D eigenvalue weighted by Gasteiger charge is 2.16. The molecule has 0 unspecified atom stereocenters. The monoisotopic (exact) mass is 489 g/mol. The normalized spacial score (nSPS) is 10.7. The van der Waals surface area contributed by atoms with E-state index in [1.807, 2.05) is 0 Å². The van der Waals surface area contributed by atoms with Crippen molar-refractivity contribution in [3.05, 3.63) is 62.1 Å². The first-order valence-corrected chi connectivity index (χ1v) is 9.53. The molecule has 0 spiro atoms. The molecule has 2 aromatic rings. The number of amides is 1. The highest BCUT2D eigenvalue weighted by molar-refractivity contribution is 9.10. The topological polar surface area (TPSA) is 152 Å². The highest BCUT2D eigenvalue weighted by Crippen LogP contribution is 2.37. The van der Waals surface area contributed by atoms with Gasteiger partial charge < -0.3 is 19.9 Å². The summed E-state index contributed by atoms with van der Waals surface area (Å²) in [5.74, 6) is -1.53. The average Bonchev–Trinajstić information content (AvgIpc) is 2.71. The van der Waals surface area contributed by atoms with Crippen LogP contribution in [0, 0.1) is 21.4 Å². The van der Waals surface area contributed by atoms with Crippen LogP contribution in [0.2, 0.25) is 0 Å². The predicted octanol–water partition coefficient (Wildman–Crippen LogP) is 3.77. The standard InChI is InChI=1S/C20H16BrN3O7/c1-2-30-17-8-12(7-16(21)19(17)31-11-18(25)26)6-13(10-22)20(27)23-14-4-3-5-15(9-14)24(28)29/h3-9H,2,11H2,1H3,(H,23,27)(H,25,26)/b13-6+. The number of nitriles is 1. The molecule has 0 atom stereocenters. The minimum Gasteiger partial charge on any atom is -0.490 e. The number of carbonyl (C=O) groups excluding carboxylic acids is 1. The van der Waals surface area contributed by atoms with Gasteiger partial charge in [0.05, 0.1) is 16.0 Å². The second-order valence-electron chi connectivity index (χ2n) is 5.88. The van der Waals surface area contributed by atoms with Gasteiger partial charge >= 0.3 is 5.97 Å². The minimum absolute atomic E-state index is 0.161. The van der Waals surface area contributed by atoms with E-state index in [0.29, 0.717) is 10.0 Å². The summed E-state index contributed by atoms with van der Waals surface area (Å²) in [6, 6.07) is 10.1. The first kappa shape index (κ1) is 23.4. The van der Waals surface area contributed by atoms with E-state index in [4.69, 9.17) is 14.6 Å². The molecule has 0 aliphatic rings. The molecule has 2 N–H and O–H groups in total. The number of nitrogens with zero attached hydrogens (tertiary/aromatic N) is 2.